The van der Waals surface area contributed by atoms with Gasteiger partial charge in [0, 0.05) is 16.5 Å². The van der Waals surface area contributed by atoms with Gasteiger partial charge in [-0.3, -0.25) is 0 Å². The van der Waals surface area contributed by atoms with E-state index in [2.05, 4.69) is 10.2 Å². The van der Waals surface area contributed by atoms with Crippen molar-refractivity contribution in [1.29, 1.82) is 0 Å². The lowest BCUT2D eigenvalue weighted by molar-refractivity contribution is 0.415. The largest absolute Gasteiger partial charge is 0.497 e. The number of hydrogen-bond donors (Lipinski definition) is 0. The first kappa shape index (κ1) is 14.8. The molecule has 0 atom stereocenters. The van der Waals surface area contributed by atoms with Gasteiger partial charge in [0.25, 0.3) is 5.22 Å². The topological polar surface area (TPSA) is 61.3 Å². The SMILES string of the molecule is COc1ccc(-c2coc3ccc(-c4nnc(SC)o4)cc23)cc1. The van der Waals surface area contributed by atoms with Gasteiger partial charge < -0.3 is 13.6 Å². The molecule has 4 aromatic rings. The molecule has 0 bridgehead atoms. The van der Waals surface area contributed by atoms with Gasteiger partial charge in [-0.2, -0.15) is 0 Å². The van der Waals surface area contributed by atoms with E-state index in [9.17, 15) is 0 Å². The molecule has 0 aliphatic carbocycles. The fourth-order valence-electron chi connectivity index (χ4n) is 2.57. The number of nitrogens with zero attached hydrogens (tertiary/aromatic N) is 2. The Hall–Kier alpha value is -2.73. The highest BCUT2D eigenvalue weighted by molar-refractivity contribution is 7.98. The number of thioether (sulfide) groups is 1. The first-order valence-electron chi connectivity index (χ1n) is 7.32. The van der Waals surface area contributed by atoms with Crippen LogP contribution in [0.15, 0.2) is 62.8 Å². The van der Waals surface area contributed by atoms with E-state index < -0.39 is 0 Å². The summed E-state index contributed by atoms with van der Waals surface area (Å²) in [6.07, 6.45) is 3.66. The van der Waals surface area contributed by atoms with Gasteiger partial charge in [-0.1, -0.05) is 23.9 Å². The monoisotopic (exact) mass is 338 g/mol. The average molecular weight is 338 g/mol. The Morgan fingerprint density at radius 3 is 2.50 bits per heavy atom. The molecule has 0 fully saturated rings. The van der Waals surface area contributed by atoms with Gasteiger partial charge in [-0.25, -0.2) is 0 Å². The molecule has 120 valence electrons. The predicted molar refractivity (Wildman–Crippen MR) is 93.3 cm³/mol. The Morgan fingerprint density at radius 1 is 1.00 bits per heavy atom. The van der Waals surface area contributed by atoms with E-state index in [1.165, 1.54) is 11.8 Å². The molecular weight excluding hydrogens is 324 g/mol. The molecule has 2 aromatic carbocycles. The zero-order valence-electron chi connectivity index (χ0n) is 13.1. The van der Waals surface area contributed by atoms with E-state index in [1.807, 2.05) is 48.7 Å². The number of fused-ring (bicyclic) bond motifs is 1. The van der Waals surface area contributed by atoms with Crippen LogP contribution in [0.25, 0.3) is 33.6 Å². The van der Waals surface area contributed by atoms with Gasteiger partial charge in [0.1, 0.15) is 11.3 Å². The van der Waals surface area contributed by atoms with Gasteiger partial charge >= 0.3 is 0 Å². The van der Waals surface area contributed by atoms with Crippen LogP contribution in [0.3, 0.4) is 0 Å². The van der Waals surface area contributed by atoms with E-state index in [4.69, 9.17) is 13.6 Å². The third-order valence-electron chi connectivity index (χ3n) is 3.80. The molecule has 0 amide bonds. The molecule has 2 aromatic heterocycles. The third kappa shape index (κ3) is 2.55. The fourth-order valence-corrected chi connectivity index (χ4v) is 2.85. The van der Waals surface area contributed by atoms with Crippen molar-refractivity contribution in [2.45, 2.75) is 5.22 Å². The molecule has 0 spiro atoms. The lowest BCUT2D eigenvalue weighted by Gasteiger charge is -2.02. The zero-order valence-corrected chi connectivity index (χ0v) is 14.0. The molecule has 0 radical (unpaired) electrons. The lowest BCUT2D eigenvalue weighted by Crippen LogP contribution is -1.82. The molecular formula is C18H14N2O3S. The number of ether oxygens (including phenoxy) is 1. The van der Waals surface area contributed by atoms with Crippen molar-refractivity contribution in [3.63, 3.8) is 0 Å². The van der Waals surface area contributed by atoms with Crippen LogP contribution in [-0.2, 0) is 0 Å². The Labute approximate surface area is 142 Å². The normalized spacial score (nSPS) is 11.1. The second kappa shape index (κ2) is 6.05. The summed E-state index contributed by atoms with van der Waals surface area (Å²) in [6.45, 7) is 0. The van der Waals surface area contributed by atoms with Crippen LogP contribution in [0.1, 0.15) is 0 Å². The van der Waals surface area contributed by atoms with Crippen molar-refractivity contribution < 1.29 is 13.6 Å². The minimum atomic E-state index is 0.503. The Bertz CT molecular complexity index is 989. The number of benzene rings is 2. The maximum absolute atomic E-state index is 5.68. The number of rotatable bonds is 4. The zero-order chi connectivity index (χ0) is 16.5. The van der Waals surface area contributed by atoms with Gasteiger partial charge in [0.15, 0.2) is 0 Å². The molecule has 4 rings (SSSR count). The van der Waals surface area contributed by atoms with Crippen LogP contribution in [0, 0.1) is 0 Å². The lowest BCUT2D eigenvalue weighted by atomic mass is 10.0. The highest BCUT2D eigenvalue weighted by Gasteiger charge is 2.13. The van der Waals surface area contributed by atoms with Crippen molar-refractivity contribution >= 4 is 22.7 Å². The molecule has 0 aliphatic heterocycles. The van der Waals surface area contributed by atoms with Crippen LogP contribution in [0.2, 0.25) is 0 Å². The Kier molecular flexibility index (Phi) is 3.74. The summed E-state index contributed by atoms with van der Waals surface area (Å²) in [7, 11) is 1.65. The van der Waals surface area contributed by atoms with Gasteiger partial charge in [-0.05, 0) is 42.2 Å². The summed E-state index contributed by atoms with van der Waals surface area (Å²) in [5, 5.41) is 9.63. The van der Waals surface area contributed by atoms with Crippen LogP contribution in [0.5, 0.6) is 5.75 Å². The second-order valence-electron chi connectivity index (χ2n) is 5.17. The van der Waals surface area contributed by atoms with Crippen LogP contribution >= 0.6 is 11.8 Å². The summed E-state index contributed by atoms with van der Waals surface area (Å²) in [6, 6.07) is 13.7. The molecule has 0 saturated carbocycles. The van der Waals surface area contributed by atoms with E-state index in [1.54, 1.807) is 13.4 Å². The summed E-state index contributed by atoms with van der Waals surface area (Å²) in [4.78, 5) is 0. The quantitative estimate of drug-likeness (QED) is 0.494. The Balaban J connectivity index is 1.80. The molecule has 5 nitrogen and oxygen atoms in total. The van der Waals surface area contributed by atoms with Crippen LogP contribution in [0.4, 0.5) is 0 Å². The number of aromatic nitrogens is 2. The molecule has 24 heavy (non-hydrogen) atoms. The van der Waals surface area contributed by atoms with Crippen LogP contribution in [-0.4, -0.2) is 23.6 Å². The maximum Gasteiger partial charge on any atom is 0.276 e. The van der Waals surface area contributed by atoms with Crippen molar-refractivity contribution in [3.05, 3.63) is 48.7 Å². The fraction of sp³-hybridized carbons (Fsp3) is 0.111. The standard InChI is InChI=1S/C18H14N2O3S/c1-21-13-6-3-11(4-7-13)15-10-22-16-8-5-12(9-14(15)16)17-19-20-18(23-17)24-2/h3-10H,1-2H3. The molecule has 2 heterocycles. The second-order valence-corrected chi connectivity index (χ2v) is 5.92. The average Bonchev–Trinajstić information content (AvgIpc) is 3.28. The number of hydrogen-bond acceptors (Lipinski definition) is 6. The Morgan fingerprint density at radius 2 is 1.79 bits per heavy atom. The molecule has 0 N–H and O–H groups in total. The van der Waals surface area contributed by atoms with E-state index in [0.717, 1.165) is 33.4 Å². The number of methoxy groups -OCH3 is 1. The molecule has 6 heteroatoms. The summed E-state index contributed by atoms with van der Waals surface area (Å²) < 4.78 is 16.5. The van der Waals surface area contributed by atoms with Gasteiger partial charge in [-0.15, -0.1) is 10.2 Å². The number of furan rings is 1. The third-order valence-corrected chi connectivity index (χ3v) is 4.32. The minimum Gasteiger partial charge on any atom is -0.497 e. The predicted octanol–water partition coefficient (Wildman–Crippen LogP) is 4.88. The maximum atomic E-state index is 5.68. The molecule has 0 aliphatic rings. The van der Waals surface area contributed by atoms with E-state index in [0.29, 0.717) is 11.1 Å². The van der Waals surface area contributed by atoms with Crippen LogP contribution < -0.4 is 4.74 Å². The summed E-state index contributed by atoms with van der Waals surface area (Å²) >= 11 is 1.42. The smallest absolute Gasteiger partial charge is 0.276 e. The van der Waals surface area contributed by atoms with Gasteiger partial charge in [0.2, 0.25) is 5.89 Å². The van der Waals surface area contributed by atoms with Crippen molar-refractivity contribution in [2.24, 2.45) is 0 Å². The minimum absolute atomic E-state index is 0.503. The summed E-state index contributed by atoms with van der Waals surface area (Å²) in [5.74, 6) is 1.32. The van der Waals surface area contributed by atoms with E-state index in [-0.39, 0.29) is 0 Å². The first-order valence-corrected chi connectivity index (χ1v) is 8.54. The van der Waals surface area contributed by atoms with E-state index >= 15 is 0 Å². The molecule has 0 unspecified atom stereocenters. The van der Waals surface area contributed by atoms with Gasteiger partial charge in [0.05, 0.1) is 13.4 Å². The summed E-state index contributed by atoms with van der Waals surface area (Å²) in [5.41, 5.74) is 3.75. The van der Waals surface area contributed by atoms with Crippen molar-refractivity contribution in [1.82, 2.24) is 10.2 Å². The van der Waals surface area contributed by atoms with Crippen molar-refractivity contribution in [2.75, 3.05) is 13.4 Å². The molecule has 0 saturated heterocycles. The highest BCUT2D eigenvalue weighted by Crippen LogP contribution is 2.34. The highest BCUT2D eigenvalue weighted by atomic mass is 32.2. The van der Waals surface area contributed by atoms with Crippen molar-refractivity contribution in [3.8, 4) is 28.3 Å². The first-order chi connectivity index (χ1) is 11.8.